The smallest absolute Gasteiger partial charge is 0.311 e. The fourth-order valence-electron chi connectivity index (χ4n) is 1.86. The lowest BCUT2D eigenvalue weighted by Crippen LogP contribution is -2.33. The van der Waals surface area contributed by atoms with Gasteiger partial charge in [-0.15, -0.1) is 11.6 Å². The first kappa shape index (κ1) is 18.8. The van der Waals surface area contributed by atoms with Crippen LogP contribution < -0.4 is 10.5 Å². The fraction of sp³-hybridized carbons (Fsp3) is 0.588. The molecule has 0 saturated heterocycles. The van der Waals surface area contributed by atoms with Gasteiger partial charge in [-0.1, -0.05) is 19.1 Å². The van der Waals surface area contributed by atoms with Crippen molar-refractivity contribution in [3.63, 3.8) is 0 Å². The standard InChI is InChI=1S/C17H26ClNO3/c1-12(16(20)22-17(2,3)4)15(19)13-6-8-14(9-7-13)21-11-5-10-18/h6-9,12,15H,5,10-11,19H2,1-4H3. The largest absolute Gasteiger partial charge is 0.494 e. The number of esters is 1. The lowest BCUT2D eigenvalue weighted by Gasteiger charge is -2.25. The van der Waals surface area contributed by atoms with Gasteiger partial charge < -0.3 is 15.2 Å². The van der Waals surface area contributed by atoms with E-state index in [0.717, 1.165) is 17.7 Å². The van der Waals surface area contributed by atoms with Crippen LogP contribution in [0, 0.1) is 5.92 Å². The lowest BCUT2D eigenvalue weighted by molar-refractivity contribution is -0.160. The summed E-state index contributed by atoms with van der Waals surface area (Å²) in [5, 5.41) is 0. The minimum Gasteiger partial charge on any atom is -0.494 e. The zero-order valence-electron chi connectivity index (χ0n) is 13.8. The average molecular weight is 328 g/mol. The molecular weight excluding hydrogens is 302 g/mol. The van der Waals surface area contributed by atoms with E-state index >= 15 is 0 Å². The number of nitrogens with two attached hydrogens (primary N) is 1. The van der Waals surface area contributed by atoms with Crippen LogP contribution in [0.5, 0.6) is 5.75 Å². The molecule has 0 bridgehead atoms. The van der Waals surface area contributed by atoms with Gasteiger partial charge in [0.15, 0.2) is 0 Å². The van der Waals surface area contributed by atoms with E-state index in [1.807, 2.05) is 45.0 Å². The van der Waals surface area contributed by atoms with Gasteiger partial charge in [0, 0.05) is 11.9 Å². The highest BCUT2D eigenvalue weighted by atomic mass is 35.5. The first-order valence-electron chi connectivity index (χ1n) is 7.52. The van der Waals surface area contributed by atoms with Gasteiger partial charge in [0.05, 0.1) is 12.5 Å². The molecule has 4 nitrogen and oxygen atoms in total. The summed E-state index contributed by atoms with van der Waals surface area (Å²) < 4.78 is 10.9. The summed E-state index contributed by atoms with van der Waals surface area (Å²) in [7, 11) is 0. The minimum atomic E-state index is -0.509. The number of ether oxygens (including phenoxy) is 2. The Hall–Kier alpha value is -1.26. The van der Waals surface area contributed by atoms with Crippen LogP contribution in [0.15, 0.2) is 24.3 Å². The van der Waals surface area contributed by atoms with Gasteiger partial charge in [-0.05, 0) is 44.9 Å². The van der Waals surface area contributed by atoms with Gasteiger partial charge in [0.25, 0.3) is 0 Å². The summed E-state index contributed by atoms with van der Waals surface area (Å²) in [6, 6.07) is 7.05. The number of halogens is 1. The monoisotopic (exact) mass is 327 g/mol. The van der Waals surface area contributed by atoms with E-state index in [4.69, 9.17) is 26.8 Å². The first-order chi connectivity index (χ1) is 10.2. The van der Waals surface area contributed by atoms with Crippen molar-refractivity contribution in [3.8, 4) is 5.75 Å². The van der Waals surface area contributed by atoms with E-state index in [2.05, 4.69) is 0 Å². The van der Waals surface area contributed by atoms with E-state index in [9.17, 15) is 4.79 Å². The van der Waals surface area contributed by atoms with Crippen molar-refractivity contribution in [2.75, 3.05) is 12.5 Å². The second kappa shape index (κ2) is 8.39. The third-order valence-electron chi connectivity index (χ3n) is 3.13. The zero-order valence-corrected chi connectivity index (χ0v) is 14.5. The Balaban J connectivity index is 2.64. The molecule has 22 heavy (non-hydrogen) atoms. The van der Waals surface area contributed by atoms with E-state index in [-0.39, 0.29) is 5.97 Å². The molecule has 2 N–H and O–H groups in total. The second-order valence-electron chi connectivity index (χ2n) is 6.31. The molecule has 5 heteroatoms. The van der Waals surface area contributed by atoms with E-state index in [0.29, 0.717) is 12.5 Å². The Morgan fingerprint density at radius 1 is 1.27 bits per heavy atom. The van der Waals surface area contributed by atoms with E-state index < -0.39 is 17.6 Å². The van der Waals surface area contributed by atoms with E-state index in [1.165, 1.54) is 0 Å². The predicted molar refractivity (Wildman–Crippen MR) is 89.2 cm³/mol. The highest BCUT2D eigenvalue weighted by molar-refractivity contribution is 6.17. The highest BCUT2D eigenvalue weighted by Gasteiger charge is 2.27. The van der Waals surface area contributed by atoms with Gasteiger partial charge in [0.2, 0.25) is 0 Å². The Morgan fingerprint density at radius 3 is 2.36 bits per heavy atom. The molecule has 0 aliphatic carbocycles. The van der Waals surface area contributed by atoms with Gasteiger partial charge >= 0.3 is 5.97 Å². The minimum absolute atomic E-state index is 0.289. The number of hydrogen-bond acceptors (Lipinski definition) is 4. The number of alkyl halides is 1. The normalized spacial score (nSPS) is 14.3. The Labute approximate surface area is 137 Å². The molecule has 0 fully saturated rings. The van der Waals surface area contributed by atoms with Crippen LogP contribution in [0.4, 0.5) is 0 Å². The highest BCUT2D eigenvalue weighted by Crippen LogP contribution is 2.24. The lowest BCUT2D eigenvalue weighted by atomic mass is 9.95. The Kier molecular flexibility index (Phi) is 7.17. The molecule has 2 unspecified atom stereocenters. The predicted octanol–water partition coefficient (Wildman–Crippen LogP) is 3.67. The van der Waals surface area contributed by atoms with Crippen molar-refractivity contribution in [1.29, 1.82) is 0 Å². The maximum absolute atomic E-state index is 12.1. The number of rotatable bonds is 7. The molecule has 124 valence electrons. The topological polar surface area (TPSA) is 61.5 Å². The van der Waals surface area contributed by atoms with Gasteiger partial charge in [-0.3, -0.25) is 4.79 Å². The molecule has 1 aromatic carbocycles. The fourth-order valence-corrected chi connectivity index (χ4v) is 1.97. The summed E-state index contributed by atoms with van der Waals surface area (Å²) in [5.74, 6) is 0.645. The van der Waals surface area contributed by atoms with Crippen LogP contribution in [0.25, 0.3) is 0 Å². The van der Waals surface area contributed by atoms with Crippen LogP contribution in [0.3, 0.4) is 0 Å². The summed E-state index contributed by atoms with van der Waals surface area (Å²) >= 11 is 5.60. The summed E-state index contributed by atoms with van der Waals surface area (Å²) in [4.78, 5) is 12.1. The van der Waals surface area contributed by atoms with Crippen molar-refractivity contribution in [3.05, 3.63) is 29.8 Å². The second-order valence-corrected chi connectivity index (χ2v) is 6.69. The number of hydrogen-bond donors (Lipinski definition) is 1. The Morgan fingerprint density at radius 2 is 1.86 bits per heavy atom. The van der Waals surface area contributed by atoms with Gasteiger partial charge in [-0.2, -0.15) is 0 Å². The maximum Gasteiger partial charge on any atom is 0.311 e. The molecular formula is C17H26ClNO3. The summed E-state index contributed by atoms with van der Waals surface area (Å²) in [6.45, 7) is 7.90. The van der Waals surface area contributed by atoms with Crippen LogP contribution in [0.1, 0.15) is 45.7 Å². The molecule has 0 amide bonds. The first-order valence-corrected chi connectivity index (χ1v) is 8.05. The van der Waals surface area contributed by atoms with Crippen LogP contribution in [-0.2, 0) is 9.53 Å². The zero-order chi connectivity index (χ0) is 16.8. The molecule has 0 heterocycles. The van der Waals surface area contributed by atoms with Crippen LogP contribution in [-0.4, -0.2) is 24.1 Å². The molecule has 0 aliphatic rings. The van der Waals surface area contributed by atoms with Gasteiger partial charge in [0.1, 0.15) is 11.4 Å². The van der Waals surface area contributed by atoms with Crippen LogP contribution >= 0.6 is 11.6 Å². The van der Waals surface area contributed by atoms with Crippen LogP contribution in [0.2, 0.25) is 0 Å². The van der Waals surface area contributed by atoms with Crippen molar-refractivity contribution >= 4 is 17.6 Å². The number of benzene rings is 1. The molecule has 0 saturated carbocycles. The molecule has 1 rings (SSSR count). The SMILES string of the molecule is CC(C(=O)OC(C)(C)C)C(N)c1ccc(OCCCCl)cc1. The summed E-state index contributed by atoms with van der Waals surface area (Å²) in [5.41, 5.74) is 6.54. The molecule has 0 aliphatic heterocycles. The van der Waals surface area contributed by atoms with Crippen molar-refractivity contribution in [2.45, 2.75) is 45.8 Å². The number of carbonyl (C=O) groups is 1. The van der Waals surface area contributed by atoms with Crippen molar-refractivity contribution in [2.24, 2.45) is 11.7 Å². The quantitative estimate of drug-likeness (QED) is 0.471. The average Bonchev–Trinajstić information content (AvgIpc) is 2.45. The Bertz CT molecular complexity index is 468. The molecule has 0 spiro atoms. The summed E-state index contributed by atoms with van der Waals surface area (Å²) in [6.07, 6.45) is 0.804. The molecule has 0 radical (unpaired) electrons. The molecule has 0 aromatic heterocycles. The van der Waals surface area contributed by atoms with Crippen molar-refractivity contribution in [1.82, 2.24) is 0 Å². The van der Waals surface area contributed by atoms with Crippen molar-refractivity contribution < 1.29 is 14.3 Å². The number of carbonyl (C=O) groups excluding carboxylic acids is 1. The molecule has 1 aromatic rings. The molecule has 2 atom stereocenters. The van der Waals surface area contributed by atoms with Gasteiger partial charge in [-0.25, -0.2) is 0 Å². The maximum atomic E-state index is 12.1. The third-order valence-corrected chi connectivity index (χ3v) is 3.40. The third kappa shape index (κ3) is 6.24. The van der Waals surface area contributed by atoms with E-state index in [1.54, 1.807) is 6.92 Å².